The highest BCUT2D eigenvalue weighted by atomic mass is 16.5. The van der Waals surface area contributed by atoms with Crippen LogP contribution in [0.3, 0.4) is 0 Å². The van der Waals surface area contributed by atoms with E-state index in [9.17, 15) is 4.79 Å². The van der Waals surface area contributed by atoms with E-state index in [1.165, 1.54) is 0 Å². The zero-order chi connectivity index (χ0) is 19.5. The molecular weight excluding hydrogens is 358 g/mol. The molecule has 4 heterocycles. The number of carbonyl (C=O) groups is 1. The minimum atomic E-state index is 0.0547. The van der Waals surface area contributed by atoms with Crippen LogP contribution in [-0.4, -0.2) is 70.1 Å². The molecule has 2 aromatic rings. The summed E-state index contributed by atoms with van der Waals surface area (Å²) in [4.78, 5) is 17.2. The van der Waals surface area contributed by atoms with Gasteiger partial charge in [0.15, 0.2) is 5.82 Å². The van der Waals surface area contributed by atoms with Crippen LogP contribution in [0.15, 0.2) is 18.3 Å². The molecule has 0 aliphatic carbocycles. The summed E-state index contributed by atoms with van der Waals surface area (Å²) < 4.78 is 7.30. The summed E-state index contributed by atoms with van der Waals surface area (Å²) in [6, 6.07) is 3.74. The van der Waals surface area contributed by atoms with E-state index in [1.807, 2.05) is 28.6 Å². The molecule has 1 atom stereocenters. The Labute approximate surface area is 164 Å². The maximum absolute atomic E-state index is 13.1. The number of nitrogens with zero attached hydrogens (tertiary/aromatic N) is 6. The Morgan fingerprint density at radius 1 is 1.21 bits per heavy atom. The van der Waals surface area contributed by atoms with Gasteiger partial charge in [0.2, 0.25) is 5.88 Å². The van der Waals surface area contributed by atoms with E-state index in [0.29, 0.717) is 37.7 Å². The first-order chi connectivity index (χ1) is 13.7. The molecule has 150 valence electrons. The molecule has 2 aliphatic rings. The number of anilines is 1. The maximum atomic E-state index is 13.1. The van der Waals surface area contributed by atoms with E-state index in [2.05, 4.69) is 20.2 Å². The fourth-order valence-corrected chi connectivity index (χ4v) is 4.04. The summed E-state index contributed by atoms with van der Waals surface area (Å²) in [6.07, 6.45) is 3.80. The molecule has 0 aromatic carbocycles. The number of aromatic nitrogens is 4. The molecule has 9 heteroatoms. The van der Waals surface area contributed by atoms with Crippen LogP contribution in [0.2, 0.25) is 0 Å². The maximum Gasteiger partial charge on any atom is 0.257 e. The Morgan fingerprint density at radius 3 is 2.71 bits per heavy atom. The molecule has 0 radical (unpaired) electrons. The molecule has 1 amide bonds. The van der Waals surface area contributed by atoms with Crippen molar-refractivity contribution in [2.24, 2.45) is 5.73 Å². The Hall–Kier alpha value is -2.68. The SMILES string of the molecule is CCOc1ccc(N2CCN(C(=O)c3cnn4c3C(CN)CCC4)CC2)nn1. The lowest BCUT2D eigenvalue weighted by Crippen LogP contribution is -2.49. The molecule has 4 rings (SSSR count). The van der Waals surface area contributed by atoms with Gasteiger partial charge < -0.3 is 20.3 Å². The van der Waals surface area contributed by atoms with Crippen LogP contribution in [0.5, 0.6) is 5.88 Å². The van der Waals surface area contributed by atoms with Crippen LogP contribution in [0.25, 0.3) is 0 Å². The van der Waals surface area contributed by atoms with Gasteiger partial charge in [0.25, 0.3) is 5.91 Å². The molecule has 1 fully saturated rings. The van der Waals surface area contributed by atoms with Gasteiger partial charge in [-0.3, -0.25) is 9.48 Å². The van der Waals surface area contributed by atoms with Crippen LogP contribution in [0, 0.1) is 0 Å². The van der Waals surface area contributed by atoms with Gasteiger partial charge in [0, 0.05) is 51.3 Å². The van der Waals surface area contributed by atoms with Crippen molar-refractivity contribution >= 4 is 11.7 Å². The van der Waals surface area contributed by atoms with Crippen molar-refractivity contribution in [3.05, 3.63) is 29.6 Å². The van der Waals surface area contributed by atoms with E-state index < -0.39 is 0 Å². The summed E-state index contributed by atoms with van der Waals surface area (Å²) in [5, 5.41) is 12.8. The van der Waals surface area contributed by atoms with E-state index in [4.69, 9.17) is 10.5 Å². The largest absolute Gasteiger partial charge is 0.477 e. The number of hydrogen-bond acceptors (Lipinski definition) is 7. The van der Waals surface area contributed by atoms with E-state index >= 15 is 0 Å². The van der Waals surface area contributed by atoms with Crippen LogP contribution in [0.1, 0.15) is 41.7 Å². The number of amides is 1. The minimum Gasteiger partial charge on any atom is -0.477 e. The van der Waals surface area contributed by atoms with Crippen molar-refractivity contribution in [3.63, 3.8) is 0 Å². The standard InChI is InChI=1S/C19H27N7O2/c1-2-28-17-6-5-16(22-23-17)24-8-10-25(11-9-24)19(27)15-13-21-26-7-3-4-14(12-20)18(15)26/h5-6,13-14H,2-4,7-12,20H2,1H3. The highest BCUT2D eigenvalue weighted by Crippen LogP contribution is 2.29. The molecule has 1 unspecified atom stereocenters. The third kappa shape index (κ3) is 3.54. The molecule has 2 N–H and O–H groups in total. The van der Waals surface area contributed by atoms with Crippen molar-refractivity contribution in [2.45, 2.75) is 32.2 Å². The zero-order valence-electron chi connectivity index (χ0n) is 16.3. The second kappa shape index (κ2) is 8.14. The number of piperazine rings is 1. The van der Waals surface area contributed by atoms with Crippen molar-refractivity contribution < 1.29 is 9.53 Å². The lowest BCUT2D eigenvalue weighted by Gasteiger charge is -2.35. The highest BCUT2D eigenvalue weighted by Gasteiger charge is 2.30. The first-order valence-electron chi connectivity index (χ1n) is 9.97. The summed E-state index contributed by atoms with van der Waals surface area (Å²) in [5.74, 6) is 1.61. The Bertz CT molecular complexity index is 812. The first-order valence-corrected chi connectivity index (χ1v) is 9.97. The monoisotopic (exact) mass is 385 g/mol. The first kappa shape index (κ1) is 18.7. The normalized spacial score (nSPS) is 19.4. The molecular formula is C19H27N7O2. The molecule has 2 aromatic heterocycles. The van der Waals surface area contributed by atoms with Gasteiger partial charge in [-0.15, -0.1) is 10.2 Å². The second-order valence-corrected chi connectivity index (χ2v) is 7.18. The summed E-state index contributed by atoms with van der Waals surface area (Å²) in [5.41, 5.74) is 7.67. The van der Waals surface area contributed by atoms with Gasteiger partial charge in [-0.05, 0) is 25.8 Å². The molecule has 2 aliphatic heterocycles. The quantitative estimate of drug-likeness (QED) is 0.815. The van der Waals surface area contributed by atoms with Crippen molar-refractivity contribution in [1.82, 2.24) is 24.9 Å². The van der Waals surface area contributed by atoms with E-state index in [0.717, 1.165) is 44.0 Å². The molecule has 0 saturated carbocycles. The van der Waals surface area contributed by atoms with Crippen LogP contribution in [-0.2, 0) is 6.54 Å². The van der Waals surface area contributed by atoms with Gasteiger partial charge in [0.05, 0.1) is 24.1 Å². The lowest BCUT2D eigenvalue weighted by atomic mass is 9.93. The highest BCUT2D eigenvalue weighted by molar-refractivity contribution is 5.95. The molecule has 28 heavy (non-hydrogen) atoms. The van der Waals surface area contributed by atoms with Crippen LogP contribution < -0.4 is 15.4 Å². The average molecular weight is 385 g/mol. The minimum absolute atomic E-state index is 0.0547. The lowest BCUT2D eigenvalue weighted by molar-refractivity contribution is 0.0744. The fraction of sp³-hybridized carbons (Fsp3) is 0.579. The predicted molar refractivity (Wildman–Crippen MR) is 105 cm³/mol. The molecule has 9 nitrogen and oxygen atoms in total. The average Bonchev–Trinajstić information content (AvgIpc) is 3.18. The van der Waals surface area contributed by atoms with Gasteiger partial charge in [-0.1, -0.05) is 0 Å². The van der Waals surface area contributed by atoms with E-state index in [-0.39, 0.29) is 11.8 Å². The smallest absolute Gasteiger partial charge is 0.257 e. The van der Waals surface area contributed by atoms with Crippen molar-refractivity contribution in [3.8, 4) is 5.88 Å². The molecule has 1 saturated heterocycles. The number of rotatable bonds is 5. The molecule has 0 spiro atoms. The number of aryl methyl sites for hydroxylation is 1. The third-order valence-electron chi connectivity index (χ3n) is 5.51. The van der Waals surface area contributed by atoms with E-state index in [1.54, 1.807) is 6.20 Å². The van der Waals surface area contributed by atoms with Crippen molar-refractivity contribution in [1.29, 1.82) is 0 Å². The van der Waals surface area contributed by atoms with Gasteiger partial charge >= 0.3 is 0 Å². The number of nitrogens with two attached hydrogens (primary N) is 1. The van der Waals surface area contributed by atoms with Crippen LogP contribution >= 0.6 is 0 Å². The Balaban J connectivity index is 1.41. The second-order valence-electron chi connectivity index (χ2n) is 7.18. The number of carbonyl (C=O) groups excluding carboxylic acids is 1. The predicted octanol–water partition coefficient (Wildman–Crippen LogP) is 0.870. The fourth-order valence-electron chi connectivity index (χ4n) is 4.04. The van der Waals surface area contributed by atoms with Gasteiger partial charge in [0.1, 0.15) is 0 Å². The van der Waals surface area contributed by atoms with Gasteiger partial charge in [-0.25, -0.2) is 0 Å². The number of ether oxygens (including phenoxy) is 1. The number of fused-ring (bicyclic) bond motifs is 1. The third-order valence-corrected chi connectivity index (χ3v) is 5.51. The Morgan fingerprint density at radius 2 is 2.04 bits per heavy atom. The van der Waals surface area contributed by atoms with Crippen molar-refractivity contribution in [2.75, 3.05) is 44.2 Å². The topological polar surface area (TPSA) is 102 Å². The Kier molecular flexibility index (Phi) is 5.43. The summed E-state index contributed by atoms with van der Waals surface area (Å²) >= 11 is 0. The zero-order valence-corrected chi connectivity index (χ0v) is 16.3. The number of hydrogen-bond donors (Lipinski definition) is 1. The summed E-state index contributed by atoms with van der Waals surface area (Å²) in [6.45, 7) is 6.63. The summed E-state index contributed by atoms with van der Waals surface area (Å²) in [7, 11) is 0. The van der Waals surface area contributed by atoms with Gasteiger partial charge in [-0.2, -0.15) is 5.10 Å². The van der Waals surface area contributed by atoms with Crippen LogP contribution in [0.4, 0.5) is 5.82 Å². The molecule has 0 bridgehead atoms.